The van der Waals surface area contributed by atoms with Crippen LogP contribution >= 0.6 is 0 Å². The van der Waals surface area contributed by atoms with Crippen LogP contribution in [-0.4, -0.2) is 5.78 Å². The van der Waals surface area contributed by atoms with E-state index in [1.165, 1.54) is 12.1 Å². The first-order valence-corrected chi connectivity index (χ1v) is 5.41. The Morgan fingerprint density at radius 2 is 1.72 bits per heavy atom. The molecule has 0 aliphatic carbocycles. The second kappa shape index (κ2) is 5.06. The zero-order valence-corrected chi connectivity index (χ0v) is 9.49. The summed E-state index contributed by atoms with van der Waals surface area (Å²) in [4.78, 5) is 12.0. The van der Waals surface area contributed by atoms with Crippen LogP contribution < -0.4 is 5.73 Å². The van der Waals surface area contributed by atoms with Crippen molar-refractivity contribution in [2.45, 2.75) is 6.54 Å². The zero-order chi connectivity index (χ0) is 13.1. The maximum Gasteiger partial charge on any atom is 0.196 e. The maximum absolute atomic E-state index is 13.5. The van der Waals surface area contributed by atoms with E-state index >= 15 is 0 Å². The van der Waals surface area contributed by atoms with E-state index in [1.807, 2.05) is 0 Å². The third-order valence-corrected chi connectivity index (χ3v) is 2.65. The van der Waals surface area contributed by atoms with Gasteiger partial charge in [-0.1, -0.05) is 30.3 Å². The summed E-state index contributed by atoms with van der Waals surface area (Å²) in [6.07, 6.45) is 0. The van der Waals surface area contributed by atoms with Crippen LogP contribution in [0.25, 0.3) is 0 Å². The lowest BCUT2D eigenvalue weighted by Gasteiger charge is -2.04. The molecule has 0 atom stereocenters. The van der Waals surface area contributed by atoms with Crippen LogP contribution in [-0.2, 0) is 6.54 Å². The minimum atomic E-state index is -1.12. The van der Waals surface area contributed by atoms with Gasteiger partial charge in [0.25, 0.3) is 0 Å². The van der Waals surface area contributed by atoms with Crippen molar-refractivity contribution < 1.29 is 13.6 Å². The van der Waals surface area contributed by atoms with Gasteiger partial charge >= 0.3 is 0 Å². The summed E-state index contributed by atoms with van der Waals surface area (Å²) in [5, 5.41) is 0. The fourth-order valence-corrected chi connectivity index (χ4v) is 1.63. The lowest BCUT2D eigenvalue weighted by atomic mass is 10.0. The molecule has 92 valence electrons. The van der Waals surface area contributed by atoms with Crippen LogP contribution in [0.1, 0.15) is 21.5 Å². The standard InChI is InChI=1S/C14H11F2NO/c15-12-3-1-2-11(13(12)16)14(18)10-6-4-9(8-17)5-7-10/h1-7H,8,17H2. The van der Waals surface area contributed by atoms with Crippen LogP contribution in [0.3, 0.4) is 0 Å². The Labute approximate surface area is 103 Å². The van der Waals surface area contributed by atoms with Crippen LogP contribution in [0.5, 0.6) is 0 Å². The van der Waals surface area contributed by atoms with Gasteiger partial charge in [-0.05, 0) is 17.7 Å². The molecule has 0 aliphatic heterocycles. The molecule has 2 rings (SSSR count). The van der Waals surface area contributed by atoms with Crippen LogP contribution in [0, 0.1) is 11.6 Å². The van der Waals surface area contributed by atoms with E-state index in [0.29, 0.717) is 12.1 Å². The molecule has 0 amide bonds. The first kappa shape index (κ1) is 12.4. The van der Waals surface area contributed by atoms with Crippen molar-refractivity contribution in [1.29, 1.82) is 0 Å². The zero-order valence-electron chi connectivity index (χ0n) is 9.49. The average molecular weight is 247 g/mol. The van der Waals surface area contributed by atoms with Crippen molar-refractivity contribution in [3.63, 3.8) is 0 Å². The number of hydrogen-bond acceptors (Lipinski definition) is 2. The predicted octanol–water partition coefficient (Wildman–Crippen LogP) is 2.65. The molecule has 0 unspecified atom stereocenters. The summed E-state index contributed by atoms with van der Waals surface area (Å²) < 4.78 is 26.5. The monoisotopic (exact) mass is 247 g/mol. The molecule has 18 heavy (non-hydrogen) atoms. The van der Waals surface area contributed by atoms with Crippen molar-refractivity contribution in [2.24, 2.45) is 5.73 Å². The average Bonchev–Trinajstić information content (AvgIpc) is 2.41. The predicted molar refractivity (Wildman–Crippen MR) is 64.1 cm³/mol. The summed E-state index contributed by atoms with van der Waals surface area (Å²) in [5.41, 5.74) is 6.34. The normalized spacial score (nSPS) is 10.4. The first-order chi connectivity index (χ1) is 8.63. The van der Waals surface area contributed by atoms with Gasteiger partial charge in [-0.25, -0.2) is 8.78 Å². The number of benzene rings is 2. The summed E-state index contributed by atoms with van der Waals surface area (Å²) in [5.74, 6) is -2.69. The van der Waals surface area contributed by atoms with E-state index in [4.69, 9.17) is 5.73 Å². The molecule has 0 heterocycles. The molecule has 2 N–H and O–H groups in total. The summed E-state index contributed by atoms with van der Waals surface area (Å²) in [7, 11) is 0. The van der Waals surface area contributed by atoms with Crippen molar-refractivity contribution in [3.05, 3.63) is 70.8 Å². The first-order valence-electron chi connectivity index (χ1n) is 5.41. The van der Waals surface area contributed by atoms with Gasteiger partial charge < -0.3 is 5.73 Å². The summed E-state index contributed by atoms with van der Waals surface area (Å²) in [6, 6.07) is 10.0. The van der Waals surface area contributed by atoms with E-state index < -0.39 is 17.4 Å². The van der Waals surface area contributed by atoms with E-state index in [2.05, 4.69) is 0 Å². The molecule has 0 bridgehead atoms. The van der Waals surface area contributed by atoms with E-state index in [1.54, 1.807) is 24.3 Å². The highest BCUT2D eigenvalue weighted by atomic mass is 19.2. The van der Waals surface area contributed by atoms with Crippen LogP contribution in [0.4, 0.5) is 8.78 Å². The molecule has 2 aromatic carbocycles. The second-order valence-corrected chi connectivity index (χ2v) is 3.83. The highest BCUT2D eigenvalue weighted by Crippen LogP contribution is 2.16. The molecule has 4 heteroatoms. The van der Waals surface area contributed by atoms with E-state index in [9.17, 15) is 13.6 Å². The molecule has 0 aromatic heterocycles. The second-order valence-electron chi connectivity index (χ2n) is 3.83. The smallest absolute Gasteiger partial charge is 0.196 e. The molecule has 0 aliphatic rings. The van der Waals surface area contributed by atoms with Gasteiger partial charge in [0.15, 0.2) is 17.4 Å². The van der Waals surface area contributed by atoms with Crippen molar-refractivity contribution in [3.8, 4) is 0 Å². The fourth-order valence-electron chi connectivity index (χ4n) is 1.63. The number of halogens is 2. The molecule has 0 fully saturated rings. The van der Waals surface area contributed by atoms with Gasteiger partial charge in [0, 0.05) is 12.1 Å². The molecule has 0 radical (unpaired) electrons. The van der Waals surface area contributed by atoms with Crippen molar-refractivity contribution in [2.75, 3.05) is 0 Å². The number of rotatable bonds is 3. The molecule has 0 saturated carbocycles. The molecule has 0 spiro atoms. The molecular weight excluding hydrogens is 236 g/mol. The molecule has 2 aromatic rings. The minimum absolute atomic E-state index is 0.268. The lowest BCUT2D eigenvalue weighted by Crippen LogP contribution is -2.06. The van der Waals surface area contributed by atoms with E-state index in [-0.39, 0.29) is 5.56 Å². The molecular formula is C14H11F2NO. The Morgan fingerprint density at radius 1 is 1.06 bits per heavy atom. The number of nitrogens with two attached hydrogens (primary N) is 1. The lowest BCUT2D eigenvalue weighted by molar-refractivity contribution is 0.103. The van der Waals surface area contributed by atoms with Crippen molar-refractivity contribution >= 4 is 5.78 Å². The SMILES string of the molecule is NCc1ccc(C(=O)c2cccc(F)c2F)cc1. The number of ketones is 1. The Kier molecular flexibility index (Phi) is 3.48. The summed E-state index contributed by atoms with van der Waals surface area (Å²) in [6.45, 7) is 0.364. The highest BCUT2D eigenvalue weighted by Gasteiger charge is 2.16. The van der Waals surface area contributed by atoms with Crippen LogP contribution in [0.2, 0.25) is 0 Å². The third kappa shape index (κ3) is 2.28. The van der Waals surface area contributed by atoms with Gasteiger partial charge in [-0.2, -0.15) is 0 Å². The molecule has 0 saturated heterocycles. The van der Waals surface area contributed by atoms with Gasteiger partial charge in [-0.15, -0.1) is 0 Å². The topological polar surface area (TPSA) is 43.1 Å². The van der Waals surface area contributed by atoms with Gasteiger partial charge in [0.1, 0.15) is 0 Å². The maximum atomic E-state index is 13.5. The number of hydrogen-bond donors (Lipinski definition) is 1. The highest BCUT2D eigenvalue weighted by molar-refractivity contribution is 6.09. The van der Waals surface area contributed by atoms with Crippen LogP contribution in [0.15, 0.2) is 42.5 Å². The largest absolute Gasteiger partial charge is 0.326 e. The Balaban J connectivity index is 2.38. The Hall–Kier alpha value is -2.07. The fraction of sp³-hybridized carbons (Fsp3) is 0.0714. The molecule has 2 nitrogen and oxygen atoms in total. The van der Waals surface area contributed by atoms with E-state index in [0.717, 1.165) is 11.6 Å². The minimum Gasteiger partial charge on any atom is -0.326 e. The summed E-state index contributed by atoms with van der Waals surface area (Å²) >= 11 is 0. The number of carbonyl (C=O) groups excluding carboxylic acids is 1. The van der Waals surface area contributed by atoms with Gasteiger partial charge in [0.2, 0.25) is 0 Å². The third-order valence-electron chi connectivity index (χ3n) is 2.65. The Bertz CT molecular complexity index is 579. The Morgan fingerprint density at radius 3 is 2.33 bits per heavy atom. The van der Waals surface area contributed by atoms with Gasteiger partial charge in [0.05, 0.1) is 5.56 Å². The van der Waals surface area contributed by atoms with Crippen molar-refractivity contribution in [1.82, 2.24) is 0 Å². The number of carbonyl (C=O) groups is 1. The quantitative estimate of drug-likeness (QED) is 0.847. The van der Waals surface area contributed by atoms with Gasteiger partial charge in [-0.3, -0.25) is 4.79 Å².